The maximum Gasteiger partial charge on any atom is 0.164 e. The Morgan fingerprint density at radius 3 is 2.25 bits per heavy atom. The Labute approximate surface area is 74.0 Å². The van der Waals surface area contributed by atoms with Crippen LogP contribution in [0, 0.1) is 5.41 Å². The predicted molar refractivity (Wildman–Crippen MR) is 47.9 cm³/mol. The highest BCUT2D eigenvalue weighted by molar-refractivity contribution is 5.88. The second-order valence-electron chi connectivity index (χ2n) is 4.74. The summed E-state index contributed by atoms with van der Waals surface area (Å²) in [7, 11) is 0. The van der Waals surface area contributed by atoms with Crippen molar-refractivity contribution in [3.05, 3.63) is 0 Å². The number of carbonyl (C=O) groups is 1. The van der Waals surface area contributed by atoms with E-state index in [1.54, 1.807) is 0 Å². The first kappa shape index (κ1) is 9.72. The van der Waals surface area contributed by atoms with E-state index in [0.29, 0.717) is 12.8 Å². The lowest BCUT2D eigenvalue weighted by atomic mass is 9.67. The third-order valence-electron chi connectivity index (χ3n) is 2.89. The molecular formula is C10H18O2. The molecule has 70 valence electrons. The van der Waals surface area contributed by atoms with Crippen LogP contribution in [0.2, 0.25) is 0 Å². The van der Waals surface area contributed by atoms with Crippen molar-refractivity contribution in [1.82, 2.24) is 0 Å². The van der Waals surface area contributed by atoms with Crippen LogP contribution in [0.5, 0.6) is 0 Å². The van der Waals surface area contributed by atoms with Gasteiger partial charge in [0.25, 0.3) is 0 Å². The molecule has 0 aromatic rings. The standard InChI is InChI=1S/C10H18O2/c1-9(2,3)10(12)7-5-4-6-8(10)11/h12H,4-7H2,1-3H3. The summed E-state index contributed by atoms with van der Waals surface area (Å²) < 4.78 is 0. The molecule has 0 bridgehead atoms. The van der Waals surface area contributed by atoms with Crippen LogP contribution < -0.4 is 0 Å². The predicted octanol–water partition coefficient (Wildman–Crippen LogP) is 1.91. The highest BCUT2D eigenvalue weighted by Gasteiger charge is 2.46. The average Bonchev–Trinajstić information content (AvgIpc) is 1.93. The summed E-state index contributed by atoms with van der Waals surface area (Å²) in [5, 5.41) is 10.1. The van der Waals surface area contributed by atoms with Gasteiger partial charge in [-0.05, 0) is 24.7 Å². The van der Waals surface area contributed by atoms with Gasteiger partial charge in [0.15, 0.2) is 5.78 Å². The monoisotopic (exact) mass is 170 g/mol. The summed E-state index contributed by atoms with van der Waals surface area (Å²) >= 11 is 0. The molecule has 1 N–H and O–H groups in total. The van der Waals surface area contributed by atoms with Gasteiger partial charge >= 0.3 is 0 Å². The molecule has 2 heteroatoms. The minimum absolute atomic E-state index is 0.0289. The lowest BCUT2D eigenvalue weighted by Gasteiger charge is -2.41. The summed E-state index contributed by atoms with van der Waals surface area (Å²) in [4.78, 5) is 11.5. The van der Waals surface area contributed by atoms with Crippen LogP contribution >= 0.6 is 0 Å². The van der Waals surface area contributed by atoms with Crippen molar-refractivity contribution in [2.75, 3.05) is 0 Å². The van der Waals surface area contributed by atoms with E-state index in [0.717, 1.165) is 12.8 Å². The van der Waals surface area contributed by atoms with E-state index < -0.39 is 5.60 Å². The fraction of sp³-hybridized carbons (Fsp3) is 0.900. The van der Waals surface area contributed by atoms with E-state index in [2.05, 4.69) is 0 Å². The molecular weight excluding hydrogens is 152 g/mol. The van der Waals surface area contributed by atoms with Crippen molar-refractivity contribution in [3.8, 4) is 0 Å². The van der Waals surface area contributed by atoms with Crippen molar-refractivity contribution in [2.24, 2.45) is 5.41 Å². The minimum atomic E-state index is -1.06. The summed E-state index contributed by atoms with van der Waals surface area (Å²) in [6, 6.07) is 0. The maximum atomic E-state index is 11.5. The fourth-order valence-corrected chi connectivity index (χ4v) is 1.81. The third-order valence-corrected chi connectivity index (χ3v) is 2.89. The number of rotatable bonds is 0. The van der Waals surface area contributed by atoms with E-state index in [-0.39, 0.29) is 11.2 Å². The number of ketones is 1. The average molecular weight is 170 g/mol. The number of aliphatic hydroxyl groups is 1. The van der Waals surface area contributed by atoms with Gasteiger partial charge in [-0.15, -0.1) is 0 Å². The van der Waals surface area contributed by atoms with E-state index >= 15 is 0 Å². The quantitative estimate of drug-likeness (QED) is 0.603. The van der Waals surface area contributed by atoms with E-state index in [9.17, 15) is 9.90 Å². The molecule has 0 radical (unpaired) electrons. The Morgan fingerprint density at radius 1 is 1.33 bits per heavy atom. The molecule has 1 saturated carbocycles. The molecule has 0 saturated heterocycles. The largest absolute Gasteiger partial charge is 0.382 e. The molecule has 0 heterocycles. The number of hydrogen-bond donors (Lipinski definition) is 1. The van der Waals surface area contributed by atoms with Gasteiger partial charge in [-0.2, -0.15) is 0 Å². The van der Waals surface area contributed by atoms with Gasteiger partial charge in [-0.25, -0.2) is 0 Å². The smallest absolute Gasteiger partial charge is 0.164 e. The molecule has 1 rings (SSSR count). The highest BCUT2D eigenvalue weighted by Crippen LogP contribution is 2.39. The van der Waals surface area contributed by atoms with Crippen molar-refractivity contribution in [3.63, 3.8) is 0 Å². The molecule has 1 unspecified atom stereocenters. The van der Waals surface area contributed by atoms with Crippen molar-refractivity contribution in [1.29, 1.82) is 0 Å². The highest BCUT2D eigenvalue weighted by atomic mass is 16.3. The molecule has 0 spiro atoms. The van der Waals surface area contributed by atoms with Gasteiger partial charge < -0.3 is 5.11 Å². The van der Waals surface area contributed by atoms with Crippen LogP contribution in [-0.4, -0.2) is 16.5 Å². The molecule has 0 aromatic carbocycles. The van der Waals surface area contributed by atoms with Gasteiger partial charge in [-0.3, -0.25) is 4.79 Å². The van der Waals surface area contributed by atoms with Crippen LogP contribution in [0.25, 0.3) is 0 Å². The van der Waals surface area contributed by atoms with Crippen molar-refractivity contribution < 1.29 is 9.90 Å². The zero-order chi connectivity index (χ0) is 9.41. The van der Waals surface area contributed by atoms with Crippen LogP contribution in [0.1, 0.15) is 46.5 Å². The van der Waals surface area contributed by atoms with Gasteiger partial charge in [0.05, 0.1) is 0 Å². The van der Waals surface area contributed by atoms with Crippen molar-refractivity contribution >= 4 is 5.78 Å². The molecule has 1 aliphatic rings. The van der Waals surface area contributed by atoms with E-state index in [1.165, 1.54) is 0 Å². The molecule has 2 nitrogen and oxygen atoms in total. The topological polar surface area (TPSA) is 37.3 Å². The fourth-order valence-electron chi connectivity index (χ4n) is 1.81. The van der Waals surface area contributed by atoms with E-state index in [4.69, 9.17) is 0 Å². The summed E-state index contributed by atoms with van der Waals surface area (Å²) in [5.41, 5.74) is -1.38. The first-order valence-electron chi connectivity index (χ1n) is 4.63. The lowest BCUT2D eigenvalue weighted by Crippen LogP contribution is -2.51. The normalized spacial score (nSPS) is 32.2. The molecule has 1 aliphatic carbocycles. The second kappa shape index (κ2) is 2.84. The zero-order valence-corrected chi connectivity index (χ0v) is 8.18. The Hall–Kier alpha value is -0.370. The maximum absolute atomic E-state index is 11.5. The summed E-state index contributed by atoms with van der Waals surface area (Å²) in [6.07, 6.45) is 3.10. The van der Waals surface area contributed by atoms with Crippen LogP contribution in [0.4, 0.5) is 0 Å². The van der Waals surface area contributed by atoms with Crippen LogP contribution in [0.3, 0.4) is 0 Å². The Balaban J connectivity index is 2.87. The first-order valence-corrected chi connectivity index (χ1v) is 4.63. The Kier molecular flexibility index (Phi) is 2.30. The lowest BCUT2D eigenvalue weighted by molar-refractivity contribution is -0.154. The van der Waals surface area contributed by atoms with E-state index in [1.807, 2.05) is 20.8 Å². The van der Waals surface area contributed by atoms with Crippen LogP contribution in [0.15, 0.2) is 0 Å². The van der Waals surface area contributed by atoms with Gasteiger partial charge in [0.1, 0.15) is 5.60 Å². The number of Topliss-reactive ketones (excluding diaryl/α,β-unsaturated/α-hetero) is 1. The molecule has 0 aliphatic heterocycles. The summed E-state index contributed by atoms with van der Waals surface area (Å²) in [6.45, 7) is 5.78. The first-order chi connectivity index (χ1) is 5.38. The molecule has 1 atom stereocenters. The number of hydrogen-bond acceptors (Lipinski definition) is 2. The SMILES string of the molecule is CC(C)(C)C1(O)CCCCC1=O. The third kappa shape index (κ3) is 1.40. The molecule has 0 aromatic heterocycles. The molecule has 12 heavy (non-hydrogen) atoms. The molecule has 0 amide bonds. The summed E-state index contributed by atoms with van der Waals surface area (Å²) in [5.74, 6) is 0.0289. The zero-order valence-electron chi connectivity index (χ0n) is 8.18. The van der Waals surface area contributed by atoms with Gasteiger partial charge in [0.2, 0.25) is 0 Å². The Bertz CT molecular complexity index is 191. The second-order valence-corrected chi connectivity index (χ2v) is 4.74. The number of carbonyl (C=O) groups excluding carboxylic acids is 1. The Morgan fingerprint density at radius 2 is 1.92 bits per heavy atom. The van der Waals surface area contributed by atoms with Gasteiger partial charge in [0, 0.05) is 6.42 Å². The van der Waals surface area contributed by atoms with Crippen LogP contribution in [-0.2, 0) is 4.79 Å². The molecule has 1 fully saturated rings. The van der Waals surface area contributed by atoms with Crippen molar-refractivity contribution in [2.45, 2.75) is 52.1 Å². The van der Waals surface area contributed by atoms with Gasteiger partial charge in [-0.1, -0.05) is 20.8 Å². The minimum Gasteiger partial charge on any atom is -0.382 e.